The molecule has 5 heteroatoms. The van der Waals surface area contributed by atoms with Gasteiger partial charge in [0.25, 0.3) is 0 Å². The summed E-state index contributed by atoms with van der Waals surface area (Å²) in [6, 6.07) is 6.50. The quantitative estimate of drug-likeness (QED) is 0.810. The van der Waals surface area contributed by atoms with Gasteiger partial charge in [-0.2, -0.15) is 0 Å². The average Bonchev–Trinajstić information content (AvgIpc) is 3.01. The van der Waals surface area contributed by atoms with E-state index in [1.165, 1.54) is 11.3 Å². The number of carbonyl (C=O) groups is 1. The molecule has 0 aliphatic carbocycles. The van der Waals surface area contributed by atoms with E-state index in [1.807, 2.05) is 31.7 Å². The number of carbonyl (C=O) groups excluding carboxylic acids is 1. The molecule has 2 N–H and O–H groups in total. The van der Waals surface area contributed by atoms with Crippen LogP contribution in [0.25, 0.3) is 0 Å². The molecule has 1 fully saturated rings. The fourth-order valence-electron chi connectivity index (χ4n) is 3.32. The largest absolute Gasteiger partial charge is 0.444 e. The molecule has 0 radical (unpaired) electrons. The van der Waals surface area contributed by atoms with Gasteiger partial charge in [-0.1, -0.05) is 0 Å². The van der Waals surface area contributed by atoms with Gasteiger partial charge in [0, 0.05) is 37.1 Å². The number of nitrogens with two attached hydrogens (primary N) is 1. The van der Waals surface area contributed by atoms with Gasteiger partial charge >= 0.3 is 6.09 Å². The lowest BCUT2D eigenvalue weighted by atomic mass is 10.1. The van der Waals surface area contributed by atoms with Crippen LogP contribution in [0.4, 0.5) is 16.2 Å². The molecule has 0 bridgehead atoms. The Bertz CT molecular complexity index is 580. The van der Waals surface area contributed by atoms with Crippen molar-refractivity contribution < 1.29 is 9.53 Å². The summed E-state index contributed by atoms with van der Waals surface area (Å²) >= 11 is 0. The van der Waals surface area contributed by atoms with Crippen molar-refractivity contribution in [2.75, 3.05) is 30.3 Å². The van der Waals surface area contributed by atoms with Crippen LogP contribution in [0.5, 0.6) is 0 Å². The smallest absolute Gasteiger partial charge is 0.410 e. The van der Waals surface area contributed by atoms with E-state index in [-0.39, 0.29) is 6.09 Å². The molecule has 3 rings (SSSR count). The molecule has 0 spiro atoms. The Labute approximate surface area is 132 Å². The van der Waals surface area contributed by atoms with Crippen LogP contribution in [0.3, 0.4) is 0 Å². The molecule has 2 heterocycles. The summed E-state index contributed by atoms with van der Waals surface area (Å²) in [7, 11) is 0. The summed E-state index contributed by atoms with van der Waals surface area (Å²) in [5.41, 5.74) is 8.83. The monoisotopic (exact) mass is 303 g/mol. The lowest BCUT2D eigenvalue weighted by molar-refractivity contribution is 0.0292. The Hall–Kier alpha value is -1.91. The fraction of sp³-hybridized carbons (Fsp3) is 0.588. The van der Waals surface area contributed by atoms with E-state index in [4.69, 9.17) is 10.5 Å². The van der Waals surface area contributed by atoms with E-state index in [9.17, 15) is 4.79 Å². The van der Waals surface area contributed by atoms with E-state index in [2.05, 4.69) is 17.0 Å². The van der Waals surface area contributed by atoms with Crippen molar-refractivity contribution in [3.05, 3.63) is 23.8 Å². The number of rotatable bonds is 1. The van der Waals surface area contributed by atoms with E-state index >= 15 is 0 Å². The Morgan fingerprint density at radius 2 is 2.09 bits per heavy atom. The zero-order chi connectivity index (χ0) is 15.9. The Morgan fingerprint density at radius 1 is 1.32 bits per heavy atom. The minimum atomic E-state index is -0.438. The van der Waals surface area contributed by atoms with Gasteiger partial charge in [0.2, 0.25) is 0 Å². The number of nitrogens with zero attached hydrogens (tertiary/aromatic N) is 2. The first-order valence-electron chi connectivity index (χ1n) is 7.96. The average molecular weight is 303 g/mol. The molecule has 1 atom stereocenters. The zero-order valence-electron chi connectivity index (χ0n) is 13.6. The third kappa shape index (κ3) is 2.98. The number of benzene rings is 1. The molecular weight excluding hydrogens is 278 g/mol. The first kappa shape index (κ1) is 15.0. The number of amides is 1. The molecule has 1 aromatic rings. The molecule has 2 aliphatic rings. The number of ether oxygens (including phenoxy) is 1. The van der Waals surface area contributed by atoms with Crippen LogP contribution >= 0.6 is 0 Å². The van der Waals surface area contributed by atoms with Crippen molar-refractivity contribution >= 4 is 17.5 Å². The minimum absolute atomic E-state index is 0.202. The van der Waals surface area contributed by atoms with Crippen LogP contribution in [0, 0.1) is 0 Å². The fourth-order valence-corrected chi connectivity index (χ4v) is 3.32. The summed E-state index contributed by atoms with van der Waals surface area (Å²) in [6.45, 7) is 8.21. The van der Waals surface area contributed by atoms with Gasteiger partial charge in [-0.05, 0) is 57.4 Å². The van der Waals surface area contributed by atoms with Gasteiger partial charge in [0.1, 0.15) is 5.60 Å². The highest BCUT2D eigenvalue weighted by atomic mass is 16.6. The highest BCUT2D eigenvalue weighted by Crippen LogP contribution is 2.33. The van der Waals surface area contributed by atoms with Crippen molar-refractivity contribution in [2.45, 2.75) is 45.3 Å². The first-order chi connectivity index (χ1) is 10.3. The maximum atomic E-state index is 12.2. The maximum Gasteiger partial charge on any atom is 0.410 e. The molecule has 0 aromatic heterocycles. The SMILES string of the molecule is CC(C)(C)OC(=O)N1CCC(N2CCc3cc(N)ccc32)C1. The number of hydrogen-bond donors (Lipinski definition) is 1. The summed E-state index contributed by atoms with van der Waals surface area (Å²) < 4.78 is 5.47. The first-order valence-corrected chi connectivity index (χ1v) is 7.96. The number of nitrogen functional groups attached to an aromatic ring is 1. The number of fused-ring (bicyclic) bond motifs is 1. The second-order valence-electron chi connectivity index (χ2n) is 7.20. The minimum Gasteiger partial charge on any atom is -0.444 e. The van der Waals surface area contributed by atoms with Crippen LogP contribution in [0.2, 0.25) is 0 Å². The molecule has 1 amide bonds. The van der Waals surface area contributed by atoms with Crippen molar-refractivity contribution in [1.82, 2.24) is 4.90 Å². The number of likely N-dealkylation sites (tertiary alicyclic amines) is 1. The van der Waals surface area contributed by atoms with E-state index in [0.717, 1.165) is 38.2 Å². The normalized spacial score (nSPS) is 21.1. The highest BCUT2D eigenvalue weighted by Gasteiger charge is 2.35. The van der Waals surface area contributed by atoms with Gasteiger partial charge < -0.3 is 20.3 Å². The van der Waals surface area contributed by atoms with E-state index in [0.29, 0.717) is 6.04 Å². The second-order valence-corrected chi connectivity index (χ2v) is 7.20. The van der Waals surface area contributed by atoms with Crippen molar-refractivity contribution in [3.8, 4) is 0 Å². The topological polar surface area (TPSA) is 58.8 Å². The lowest BCUT2D eigenvalue weighted by Crippen LogP contribution is -2.40. The standard InChI is InChI=1S/C17H25N3O2/c1-17(2,3)22-16(21)19-8-7-14(11-19)20-9-6-12-10-13(18)4-5-15(12)20/h4-5,10,14H,6-9,11,18H2,1-3H3. The molecule has 5 nitrogen and oxygen atoms in total. The zero-order valence-corrected chi connectivity index (χ0v) is 13.6. The molecular formula is C17H25N3O2. The molecule has 22 heavy (non-hydrogen) atoms. The van der Waals surface area contributed by atoms with Gasteiger partial charge in [0.15, 0.2) is 0 Å². The third-order valence-corrected chi connectivity index (χ3v) is 4.29. The maximum absolute atomic E-state index is 12.2. The molecule has 120 valence electrons. The second kappa shape index (κ2) is 5.38. The predicted molar refractivity (Wildman–Crippen MR) is 88.1 cm³/mol. The van der Waals surface area contributed by atoms with Gasteiger partial charge in [-0.25, -0.2) is 4.79 Å². The van der Waals surface area contributed by atoms with Gasteiger partial charge in [0.05, 0.1) is 0 Å². The number of anilines is 2. The molecule has 1 unspecified atom stereocenters. The molecule has 0 saturated carbocycles. The summed E-state index contributed by atoms with van der Waals surface area (Å²) in [5.74, 6) is 0. The van der Waals surface area contributed by atoms with Crippen molar-refractivity contribution in [2.24, 2.45) is 0 Å². The van der Waals surface area contributed by atoms with Crippen LogP contribution in [-0.2, 0) is 11.2 Å². The third-order valence-electron chi connectivity index (χ3n) is 4.29. The molecule has 1 aromatic carbocycles. The Kier molecular flexibility index (Phi) is 3.67. The van der Waals surface area contributed by atoms with Crippen LogP contribution < -0.4 is 10.6 Å². The predicted octanol–water partition coefficient (Wildman–Crippen LogP) is 2.64. The molecule has 2 aliphatic heterocycles. The molecule has 1 saturated heterocycles. The van der Waals surface area contributed by atoms with Crippen LogP contribution in [0.1, 0.15) is 32.8 Å². The van der Waals surface area contributed by atoms with E-state index < -0.39 is 5.60 Å². The van der Waals surface area contributed by atoms with Crippen LogP contribution in [0.15, 0.2) is 18.2 Å². The lowest BCUT2D eigenvalue weighted by Gasteiger charge is -2.28. The number of hydrogen-bond acceptors (Lipinski definition) is 4. The Balaban J connectivity index is 1.66. The van der Waals surface area contributed by atoms with Crippen molar-refractivity contribution in [3.63, 3.8) is 0 Å². The summed E-state index contributed by atoms with van der Waals surface area (Å²) in [6.07, 6.45) is 1.82. The van der Waals surface area contributed by atoms with Crippen LogP contribution in [-0.4, -0.2) is 42.3 Å². The summed E-state index contributed by atoms with van der Waals surface area (Å²) in [5, 5.41) is 0. The van der Waals surface area contributed by atoms with E-state index in [1.54, 1.807) is 0 Å². The Morgan fingerprint density at radius 3 is 2.82 bits per heavy atom. The van der Waals surface area contributed by atoms with Gasteiger partial charge in [-0.3, -0.25) is 0 Å². The van der Waals surface area contributed by atoms with Gasteiger partial charge in [-0.15, -0.1) is 0 Å². The highest BCUT2D eigenvalue weighted by molar-refractivity contribution is 5.69. The van der Waals surface area contributed by atoms with Crippen molar-refractivity contribution in [1.29, 1.82) is 0 Å². The summed E-state index contributed by atoms with van der Waals surface area (Å²) in [4.78, 5) is 16.4.